The van der Waals surface area contributed by atoms with Gasteiger partial charge in [-0.15, -0.1) is 0 Å². The van der Waals surface area contributed by atoms with Crippen molar-refractivity contribution in [3.63, 3.8) is 0 Å². The van der Waals surface area contributed by atoms with Gasteiger partial charge in [-0.3, -0.25) is 37.3 Å². The molecule has 0 saturated heterocycles. The molecule has 0 saturated carbocycles. The van der Waals surface area contributed by atoms with Crippen LogP contribution in [0.5, 0.6) is 0 Å². The summed E-state index contributed by atoms with van der Waals surface area (Å²) in [6.07, 6.45) is 73.3. The number of unbranched alkanes of at least 4 members (excludes halogenated alkanes) is 41. The fourth-order valence-corrected chi connectivity index (χ4v) is 12.9. The van der Waals surface area contributed by atoms with E-state index in [0.717, 1.165) is 154 Å². The zero-order valence-corrected chi connectivity index (χ0v) is 65.7. The molecule has 0 spiro atoms. The van der Waals surface area contributed by atoms with Gasteiger partial charge in [0.1, 0.15) is 19.3 Å². The number of allylic oxidation sites excluding steroid dienone is 10. The normalized spacial score (nSPS) is 14.2. The van der Waals surface area contributed by atoms with Crippen molar-refractivity contribution in [3.05, 3.63) is 60.8 Å². The molecule has 0 aromatic rings. The fraction of sp³-hybridized carbons (Fsp3) is 0.827. The van der Waals surface area contributed by atoms with Crippen LogP contribution in [0.3, 0.4) is 0 Å². The van der Waals surface area contributed by atoms with Crippen LogP contribution >= 0.6 is 15.6 Å². The maximum absolute atomic E-state index is 13.1. The minimum absolute atomic E-state index is 0.0803. The zero-order chi connectivity index (χ0) is 73.2. The first-order valence-electron chi connectivity index (χ1n) is 40.5. The van der Waals surface area contributed by atoms with Gasteiger partial charge >= 0.3 is 39.5 Å². The third-order valence-corrected chi connectivity index (χ3v) is 19.4. The number of rotatable bonds is 77. The number of esters is 4. The van der Waals surface area contributed by atoms with Gasteiger partial charge in [0.15, 0.2) is 12.2 Å². The number of hydrogen-bond acceptors (Lipinski definition) is 15. The van der Waals surface area contributed by atoms with Crippen molar-refractivity contribution in [3.8, 4) is 0 Å². The number of carbonyl (C=O) groups excluding carboxylic acids is 4. The van der Waals surface area contributed by atoms with Gasteiger partial charge in [0, 0.05) is 25.7 Å². The Morgan fingerprint density at radius 3 is 0.820 bits per heavy atom. The largest absolute Gasteiger partial charge is 0.472 e. The third-order valence-electron chi connectivity index (χ3n) is 17.5. The van der Waals surface area contributed by atoms with Gasteiger partial charge in [-0.2, -0.15) is 0 Å². The third kappa shape index (κ3) is 73.1. The summed E-state index contributed by atoms with van der Waals surface area (Å²) in [6, 6.07) is 0. The van der Waals surface area contributed by atoms with Gasteiger partial charge in [-0.05, 0) is 89.9 Å². The van der Waals surface area contributed by atoms with Crippen molar-refractivity contribution in [2.24, 2.45) is 0 Å². The minimum Gasteiger partial charge on any atom is -0.462 e. The number of ether oxygens (including phenoxy) is 4. The molecule has 3 N–H and O–H groups in total. The molecule has 0 bridgehead atoms. The Morgan fingerprint density at radius 2 is 0.520 bits per heavy atom. The molecule has 0 aromatic carbocycles. The smallest absolute Gasteiger partial charge is 0.462 e. The summed E-state index contributed by atoms with van der Waals surface area (Å²) in [4.78, 5) is 73.0. The van der Waals surface area contributed by atoms with Crippen LogP contribution in [0.4, 0.5) is 0 Å². The van der Waals surface area contributed by atoms with Crippen LogP contribution in [-0.2, 0) is 65.4 Å². The molecule has 0 heterocycles. The van der Waals surface area contributed by atoms with Crippen molar-refractivity contribution in [2.75, 3.05) is 39.6 Å². The van der Waals surface area contributed by atoms with E-state index in [1.54, 1.807) is 0 Å². The lowest BCUT2D eigenvalue weighted by Crippen LogP contribution is -2.30. The second-order valence-corrected chi connectivity index (χ2v) is 30.3. The lowest BCUT2D eigenvalue weighted by molar-refractivity contribution is -0.161. The van der Waals surface area contributed by atoms with Gasteiger partial charge in [-0.25, -0.2) is 9.13 Å². The monoisotopic (exact) mass is 1460 g/mol. The summed E-state index contributed by atoms with van der Waals surface area (Å²) in [7, 11) is -9.94. The molecular formula is C81H148O17P2. The number of aliphatic hydroxyl groups is 1. The summed E-state index contributed by atoms with van der Waals surface area (Å²) < 4.78 is 68.6. The Labute approximate surface area is 610 Å². The topological polar surface area (TPSA) is 237 Å². The van der Waals surface area contributed by atoms with E-state index < -0.39 is 97.5 Å². The Balaban J connectivity index is 5.32. The number of phosphoric ester groups is 2. The van der Waals surface area contributed by atoms with E-state index >= 15 is 0 Å². The van der Waals surface area contributed by atoms with E-state index in [1.165, 1.54) is 141 Å². The van der Waals surface area contributed by atoms with Gasteiger partial charge in [-0.1, -0.05) is 320 Å². The molecule has 5 atom stereocenters. The molecule has 19 heteroatoms. The average molecular weight is 1460 g/mol. The summed E-state index contributed by atoms with van der Waals surface area (Å²) in [5.41, 5.74) is 0. The molecule has 0 amide bonds. The van der Waals surface area contributed by atoms with E-state index in [2.05, 4.69) is 88.5 Å². The highest BCUT2D eigenvalue weighted by Crippen LogP contribution is 2.45. The number of aliphatic hydroxyl groups excluding tert-OH is 1. The molecule has 0 fully saturated rings. The molecule has 0 aliphatic rings. The quantitative estimate of drug-likeness (QED) is 0.0169. The molecule has 0 aliphatic heterocycles. The van der Waals surface area contributed by atoms with Crippen LogP contribution in [0, 0.1) is 0 Å². The Hall–Kier alpha value is -3.24. The molecule has 100 heavy (non-hydrogen) atoms. The van der Waals surface area contributed by atoms with Gasteiger partial charge < -0.3 is 33.8 Å². The molecule has 0 aliphatic carbocycles. The Morgan fingerprint density at radius 1 is 0.290 bits per heavy atom. The highest BCUT2D eigenvalue weighted by Gasteiger charge is 2.30. The number of phosphoric acid groups is 2. The van der Waals surface area contributed by atoms with Crippen LogP contribution < -0.4 is 0 Å². The predicted octanol–water partition coefficient (Wildman–Crippen LogP) is 23.5. The van der Waals surface area contributed by atoms with E-state index in [9.17, 15) is 43.2 Å². The molecule has 0 radical (unpaired) electrons. The van der Waals surface area contributed by atoms with Crippen molar-refractivity contribution in [1.82, 2.24) is 0 Å². The standard InChI is InChI=1S/C81H148O17P2/c1-5-9-13-17-21-25-29-33-36-37-40-43-46-50-54-58-62-66-79(84)92-72-77(98-81(86)68-64-60-56-52-48-44-39-35-31-27-23-19-15-11-7-3)74-96-100(89,90)94-70-75(82)69-93-99(87,88)95-73-76(97-80(85)67-63-59-55-51-47-41-32-28-24-20-16-12-8-4)71-91-78(83)65-61-57-53-49-45-42-38-34-30-26-22-18-14-10-6-2/h9,13,21,23,25,27,33,35-36,39,75-77,82H,5-8,10-12,14-20,22,24,26,28-32,34,37-38,40-74H2,1-4H3,(H,87,88)(H,89,90)/b13-9-,25-21-,27-23-,36-33-,39-35-. The van der Waals surface area contributed by atoms with Crippen LogP contribution in [0.1, 0.15) is 374 Å². The SMILES string of the molecule is CC/C=C\C/C=C\C/C=C\CCCCCCCCCC(=O)OCC(COP(=O)(O)OCC(O)COP(=O)(O)OCC(COC(=O)CCCCCCCCCCCCCCCCC)OC(=O)CCCCCCCCCCCCCCC)OC(=O)CCCCCCC/C=C\C/C=C\CCCCC. The fourth-order valence-electron chi connectivity index (χ4n) is 11.3. The Bertz CT molecular complexity index is 2130. The van der Waals surface area contributed by atoms with Gasteiger partial charge in [0.2, 0.25) is 0 Å². The summed E-state index contributed by atoms with van der Waals surface area (Å²) in [5, 5.41) is 10.6. The van der Waals surface area contributed by atoms with Crippen molar-refractivity contribution in [2.45, 2.75) is 393 Å². The maximum Gasteiger partial charge on any atom is 0.472 e. The first-order valence-corrected chi connectivity index (χ1v) is 43.5. The molecule has 584 valence electrons. The number of hydrogen-bond donors (Lipinski definition) is 3. The molecule has 17 nitrogen and oxygen atoms in total. The van der Waals surface area contributed by atoms with Crippen LogP contribution in [0.15, 0.2) is 60.8 Å². The molecule has 0 aromatic heterocycles. The van der Waals surface area contributed by atoms with Crippen LogP contribution in [-0.4, -0.2) is 96.7 Å². The Kier molecular flexibility index (Phi) is 71.6. The van der Waals surface area contributed by atoms with E-state index in [-0.39, 0.29) is 25.7 Å². The van der Waals surface area contributed by atoms with Crippen LogP contribution in [0.2, 0.25) is 0 Å². The molecule has 5 unspecified atom stereocenters. The lowest BCUT2D eigenvalue weighted by atomic mass is 10.0. The van der Waals surface area contributed by atoms with Gasteiger partial charge in [0.05, 0.1) is 26.4 Å². The summed E-state index contributed by atoms with van der Waals surface area (Å²) >= 11 is 0. The second kappa shape index (κ2) is 74.0. The zero-order valence-electron chi connectivity index (χ0n) is 63.9. The maximum atomic E-state index is 13.1. The number of carbonyl (C=O) groups is 4. The minimum atomic E-state index is -4.98. The first-order chi connectivity index (χ1) is 48.7. The van der Waals surface area contributed by atoms with E-state index in [0.29, 0.717) is 25.7 Å². The average Bonchev–Trinajstić information content (AvgIpc) is 1.06. The highest BCUT2D eigenvalue weighted by atomic mass is 31.2. The first kappa shape index (κ1) is 96.8. The predicted molar refractivity (Wildman–Crippen MR) is 409 cm³/mol. The van der Waals surface area contributed by atoms with E-state index in [4.69, 9.17) is 37.0 Å². The van der Waals surface area contributed by atoms with Crippen molar-refractivity contribution >= 4 is 39.5 Å². The summed E-state index contributed by atoms with van der Waals surface area (Å²) in [6.45, 7) is 4.80. The summed E-state index contributed by atoms with van der Waals surface area (Å²) in [5.74, 6) is -2.16. The van der Waals surface area contributed by atoms with E-state index in [1.807, 2.05) is 0 Å². The van der Waals surface area contributed by atoms with Gasteiger partial charge in [0.25, 0.3) is 0 Å². The molecule has 0 rings (SSSR count). The van der Waals surface area contributed by atoms with Crippen molar-refractivity contribution in [1.29, 1.82) is 0 Å². The molecular weight excluding hydrogens is 1310 g/mol. The second-order valence-electron chi connectivity index (χ2n) is 27.3. The van der Waals surface area contributed by atoms with Crippen molar-refractivity contribution < 1.29 is 80.2 Å². The lowest BCUT2D eigenvalue weighted by Gasteiger charge is -2.21. The highest BCUT2D eigenvalue weighted by molar-refractivity contribution is 7.47. The van der Waals surface area contributed by atoms with Crippen LogP contribution in [0.25, 0.3) is 0 Å².